The molecule has 6 heteroatoms. The molecule has 0 saturated heterocycles. The van der Waals surface area contributed by atoms with Crippen molar-refractivity contribution in [2.24, 2.45) is 0 Å². The second-order valence-corrected chi connectivity index (χ2v) is 4.13. The minimum atomic E-state index is -1.02. The summed E-state index contributed by atoms with van der Waals surface area (Å²) in [6, 6.07) is 4.51. The maximum Gasteiger partial charge on any atom is 0.379 e. The number of carbonyl (C=O) groups excluding carboxylic acids is 1. The highest BCUT2D eigenvalue weighted by Gasteiger charge is 2.10. The number of thiazole rings is 1. The lowest BCUT2D eigenvalue weighted by atomic mass is 10.2. The number of aromatic nitrogens is 1. The molecule has 0 amide bonds. The van der Waals surface area contributed by atoms with E-state index in [0.29, 0.717) is 9.98 Å². The van der Waals surface area contributed by atoms with E-state index in [2.05, 4.69) is 9.93 Å². The van der Waals surface area contributed by atoms with Crippen LogP contribution in [0.3, 0.4) is 0 Å². The topological polar surface area (TPSA) is 39.2 Å². The van der Waals surface area contributed by atoms with Crippen LogP contribution in [0.25, 0.3) is 10.2 Å². The quantitative estimate of drug-likeness (QED) is 0.757. The van der Waals surface area contributed by atoms with Crippen molar-refractivity contribution in [3.05, 3.63) is 28.2 Å². The summed E-state index contributed by atoms with van der Waals surface area (Å²) in [5.41, 5.74) is 0.815. The number of hydrogen-bond donors (Lipinski definition) is 0. The fraction of sp³-hybridized carbons (Fsp3) is 0. The molecular formula is C8H3ClFNO2S. The predicted molar refractivity (Wildman–Crippen MR) is 51.2 cm³/mol. The number of rotatable bonds is 1. The predicted octanol–water partition coefficient (Wildman–Crippen LogP) is 2.99. The van der Waals surface area contributed by atoms with Gasteiger partial charge < -0.3 is 0 Å². The van der Waals surface area contributed by atoms with E-state index in [1.54, 1.807) is 6.07 Å². The minimum Gasteiger partial charge on any atom is -0.249 e. The molecule has 0 aliphatic rings. The van der Waals surface area contributed by atoms with Gasteiger partial charge in [0.1, 0.15) is 0 Å². The zero-order valence-electron chi connectivity index (χ0n) is 6.66. The third kappa shape index (κ3) is 1.56. The van der Waals surface area contributed by atoms with Gasteiger partial charge >= 0.3 is 5.97 Å². The summed E-state index contributed by atoms with van der Waals surface area (Å²) >= 11 is 6.88. The Morgan fingerprint density at radius 1 is 1.57 bits per heavy atom. The molecule has 14 heavy (non-hydrogen) atoms. The molecule has 1 aromatic heterocycles. The molecule has 0 spiro atoms. The highest BCUT2D eigenvalue weighted by Crippen LogP contribution is 2.26. The maximum absolute atomic E-state index is 11.6. The van der Waals surface area contributed by atoms with Crippen molar-refractivity contribution in [2.45, 2.75) is 0 Å². The molecule has 0 saturated carbocycles. The summed E-state index contributed by atoms with van der Waals surface area (Å²) in [5, 5.41) is 0. The third-order valence-electron chi connectivity index (χ3n) is 1.67. The summed E-state index contributed by atoms with van der Waals surface area (Å²) < 4.78 is 12.7. The minimum absolute atomic E-state index is 0.139. The Morgan fingerprint density at radius 2 is 2.36 bits per heavy atom. The molecule has 0 bridgehead atoms. The smallest absolute Gasteiger partial charge is 0.249 e. The Balaban J connectivity index is 2.55. The van der Waals surface area contributed by atoms with Crippen molar-refractivity contribution in [1.29, 1.82) is 0 Å². The first kappa shape index (κ1) is 9.36. The average Bonchev–Trinajstić information content (AvgIpc) is 2.55. The normalized spacial score (nSPS) is 10.4. The number of benzene rings is 1. The van der Waals surface area contributed by atoms with Crippen LogP contribution in [0, 0.1) is 0 Å². The average molecular weight is 232 g/mol. The van der Waals surface area contributed by atoms with Crippen LogP contribution in [0.15, 0.2) is 18.2 Å². The van der Waals surface area contributed by atoms with Gasteiger partial charge in [0, 0.05) is 4.53 Å². The maximum atomic E-state index is 11.6. The third-order valence-corrected chi connectivity index (χ3v) is 2.79. The zero-order chi connectivity index (χ0) is 10.1. The number of halogens is 2. The van der Waals surface area contributed by atoms with Crippen molar-refractivity contribution < 1.29 is 14.3 Å². The zero-order valence-corrected chi connectivity index (χ0v) is 8.23. The fourth-order valence-corrected chi connectivity index (χ4v) is 2.14. The van der Waals surface area contributed by atoms with Gasteiger partial charge in [0.15, 0.2) is 4.47 Å². The highest BCUT2D eigenvalue weighted by atomic mass is 35.5. The van der Waals surface area contributed by atoms with Crippen LogP contribution >= 0.6 is 22.9 Å². The van der Waals surface area contributed by atoms with Gasteiger partial charge in [0.2, 0.25) is 0 Å². The lowest BCUT2D eigenvalue weighted by Crippen LogP contribution is -1.97. The summed E-state index contributed by atoms with van der Waals surface area (Å²) in [6.45, 7) is 0. The lowest BCUT2D eigenvalue weighted by Gasteiger charge is -1.93. The van der Waals surface area contributed by atoms with Crippen LogP contribution in [0.4, 0.5) is 4.53 Å². The van der Waals surface area contributed by atoms with Gasteiger partial charge in [-0.05, 0) is 18.2 Å². The van der Waals surface area contributed by atoms with Gasteiger partial charge in [-0.3, -0.25) is 0 Å². The van der Waals surface area contributed by atoms with Crippen LogP contribution in [0.1, 0.15) is 10.4 Å². The Bertz CT molecular complexity index is 499. The molecule has 0 aliphatic carbocycles. The van der Waals surface area contributed by atoms with E-state index in [0.717, 1.165) is 4.70 Å². The number of hydrogen-bond acceptors (Lipinski definition) is 4. The second kappa shape index (κ2) is 3.51. The standard InChI is InChI=1S/C8H3ClFNO2S/c9-8-11-5-2-1-4(7(12)13-10)3-6(5)14-8/h1-3H. The number of carbonyl (C=O) groups is 1. The molecule has 72 valence electrons. The number of fused-ring (bicyclic) bond motifs is 1. The number of nitrogens with zero attached hydrogens (tertiary/aromatic N) is 1. The Labute approximate surface area is 87.0 Å². The first-order chi connectivity index (χ1) is 6.70. The first-order valence-corrected chi connectivity index (χ1v) is 4.79. The van der Waals surface area contributed by atoms with Crippen molar-refractivity contribution in [3.8, 4) is 0 Å². The van der Waals surface area contributed by atoms with Crippen LogP contribution < -0.4 is 0 Å². The second-order valence-electron chi connectivity index (χ2n) is 2.51. The molecule has 0 fully saturated rings. The molecule has 0 unspecified atom stereocenters. The summed E-state index contributed by atoms with van der Waals surface area (Å²) in [7, 11) is 0. The van der Waals surface area contributed by atoms with Gasteiger partial charge in [-0.15, -0.1) is 11.3 Å². The SMILES string of the molecule is O=C(OF)c1ccc2nc(Cl)sc2c1. The first-order valence-electron chi connectivity index (χ1n) is 3.60. The van der Waals surface area contributed by atoms with Crippen LogP contribution in [-0.4, -0.2) is 11.0 Å². The van der Waals surface area contributed by atoms with Gasteiger partial charge in [-0.1, -0.05) is 11.6 Å². The molecule has 2 rings (SSSR count). The monoisotopic (exact) mass is 231 g/mol. The molecule has 0 atom stereocenters. The van der Waals surface area contributed by atoms with Crippen LogP contribution in [-0.2, 0) is 4.94 Å². The van der Waals surface area contributed by atoms with Gasteiger partial charge in [0.05, 0.1) is 15.8 Å². The Kier molecular flexibility index (Phi) is 2.35. The molecule has 0 N–H and O–H groups in total. The Hall–Kier alpha value is -1.20. The van der Waals surface area contributed by atoms with Crippen molar-refractivity contribution in [1.82, 2.24) is 4.98 Å². The molecular weight excluding hydrogens is 229 g/mol. The summed E-state index contributed by atoms with van der Waals surface area (Å²) in [4.78, 5) is 17.9. The van der Waals surface area contributed by atoms with Crippen LogP contribution in [0.2, 0.25) is 4.47 Å². The lowest BCUT2D eigenvalue weighted by molar-refractivity contribution is -0.0787. The largest absolute Gasteiger partial charge is 0.379 e. The Morgan fingerprint density at radius 3 is 3.07 bits per heavy atom. The molecule has 1 aromatic carbocycles. The molecule has 2 aromatic rings. The molecule has 0 aliphatic heterocycles. The van der Waals surface area contributed by atoms with Gasteiger partial charge in [-0.2, -0.15) is 0 Å². The van der Waals surface area contributed by atoms with Crippen molar-refractivity contribution in [3.63, 3.8) is 0 Å². The van der Waals surface area contributed by atoms with Crippen LogP contribution in [0.5, 0.6) is 0 Å². The molecule has 3 nitrogen and oxygen atoms in total. The van der Waals surface area contributed by atoms with Crippen molar-refractivity contribution >= 4 is 39.1 Å². The van der Waals surface area contributed by atoms with Crippen molar-refractivity contribution in [2.75, 3.05) is 0 Å². The van der Waals surface area contributed by atoms with Gasteiger partial charge in [0.25, 0.3) is 0 Å². The van der Waals surface area contributed by atoms with E-state index in [-0.39, 0.29) is 5.56 Å². The summed E-state index contributed by atoms with van der Waals surface area (Å²) in [6.07, 6.45) is 0. The van der Waals surface area contributed by atoms with E-state index >= 15 is 0 Å². The molecule has 0 radical (unpaired) electrons. The van der Waals surface area contributed by atoms with E-state index in [1.165, 1.54) is 23.5 Å². The summed E-state index contributed by atoms with van der Waals surface area (Å²) in [5.74, 6) is -1.02. The molecule has 1 heterocycles. The van der Waals surface area contributed by atoms with E-state index < -0.39 is 5.97 Å². The van der Waals surface area contributed by atoms with E-state index in [9.17, 15) is 9.32 Å². The van der Waals surface area contributed by atoms with E-state index in [1.807, 2.05) is 0 Å². The highest BCUT2D eigenvalue weighted by molar-refractivity contribution is 7.22. The van der Waals surface area contributed by atoms with Gasteiger partial charge in [-0.25, -0.2) is 14.7 Å². The van der Waals surface area contributed by atoms with E-state index in [4.69, 9.17) is 11.6 Å². The fourth-order valence-electron chi connectivity index (χ4n) is 1.07.